The molecule has 1 amide bonds. The van der Waals surface area contributed by atoms with Crippen LogP contribution in [0.3, 0.4) is 0 Å². The molecule has 0 bridgehead atoms. The molecule has 0 saturated carbocycles. The van der Waals surface area contributed by atoms with Crippen molar-refractivity contribution in [1.82, 2.24) is 9.21 Å². The van der Waals surface area contributed by atoms with Crippen molar-refractivity contribution >= 4 is 17.9 Å². The Morgan fingerprint density at radius 1 is 1.21 bits per heavy atom. The molecule has 2 aliphatic rings. The van der Waals surface area contributed by atoms with Gasteiger partial charge in [0.25, 0.3) is 0 Å². The predicted molar refractivity (Wildman–Crippen MR) is 91.3 cm³/mol. The first-order chi connectivity index (χ1) is 11.1. The average Bonchev–Trinajstić information content (AvgIpc) is 2.45. The monoisotopic (exact) mass is 362 g/mol. The van der Waals surface area contributed by atoms with Crippen molar-refractivity contribution in [2.24, 2.45) is 5.41 Å². The van der Waals surface area contributed by atoms with Gasteiger partial charge in [0, 0.05) is 44.2 Å². The summed E-state index contributed by atoms with van der Waals surface area (Å²) >= 11 is -0.103. The molecular formula is C17H25F3N2OS. The quantitative estimate of drug-likeness (QED) is 0.550. The molecule has 0 N–H and O–H groups in total. The van der Waals surface area contributed by atoms with Gasteiger partial charge in [-0.1, -0.05) is 25.5 Å². The van der Waals surface area contributed by atoms with Crippen molar-refractivity contribution in [2.75, 3.05) is 26.2 Å². The van der Waals surface area contributed by atoms with Gasteiger partial charge in [0.15, 0.2) is 0 Å². The Morgan fingerprint density at radius 2 is 1.83 bits per heavy atom. The predicted octanol–water partition coefficient (Wildman–Crippen LogP) is 4.38. The van der Waals surface area contributed by atoms with Gasteiger partial charge in [-0.2, -0.15) is 13.2 Å². The van der Waals surface area contributed by atoms with Crippen LogP contribution in [0.2, 0.25) is 0 Å². The molecule has 1 heterocycles. The fraction of sp³-hybridized carbons (Fsp3) is 0.706. The van der Waals surface area contributed by atoms with Gasteiger partial charge >= 0.3 is 5.51 Å². The molecule has 0 spiro atoms. The maximum atomic E-state index is 12.4. The van der Waals surface area contributed by atoms with E-state index in [9.17, 15) is 18.0 Å². The number of halogens is 3. The van der Waals surface area contributed by atoms with Crippen molar-refractivity contribution in [3.63, 3.8) is 0 Å². The standard InChI is InChI=1S/C17H25F3N2OS/c1-13-5-4-8-16(2,3)14(13)6-7-15(23)21-9-11-22(12-10-21)24-17(18,19)20/h6-7H,4-5,8-12H2,1-3H3/b7-6+. The maximum absolute atomic E-state index is 12.4. The van der Waals surface area contributed by atoms with E-state index < -0.39 is 5.51 Å². The lowest BCUT2D eigenvalue weighted by atomic mass is 9.72. The first kappa shape index (κ1) is 19.4. The number of hydrogen-bond acceptors (Lipinski definition) is 3. The number of rotatable bonds is 3. The molecule has 0 atom stereocenters. The number of carbonyl (C=O) groups is 1. The zero-order chi connectivity index (χ0) is 18.0. The number of alkyl halides is 3. The number of hydrogen-bond donors (Lipinski definition) is 0. The highest BCUT2D eigenvalue weighted by Gasteiger charge is 2.34. The summed E-state index contributed by atoms with van der Waals surface area (Å²) in [5.41, 5.74) is -1.65. The van der Waals surface area contributed by atoms with E-state index in [1.165, 1.54) is 21.9 Å². The summed E-state index contributed by atoms with van der Waals surface area (Å²) in [6.07, 6.45) is 6.82. The minimum absolute atomic E-state index is 0.0706. The van der Waals surface area contributed by atoms with E-state index in [1.807, 2.05) is 6.08 Å². The van der Waals surface area contributed by atoms with E-state index >= 15 is 0 Å². The SMILES string of the molecule is CC1=C(/C=C/C(=O)N2CCN(SC(F)(F)F)CC2)C(C)(C)CCC1. The Balaban J connectivity index is 1.92. The third-order valence-electron chi connectivity index (χ3n) is 4.72. The molecule has 24 heavy (non-hydrogen) atoms. The van der Waals surface area contributed by atoms with Crippen molar-refractivity contribution in [1.29, 1.82) is 0 Å². The zero-order valence-corrected chi connectivity index (χ0v) is 15.3. The Kier molecular flexibility index (Phi) is 6.07. The summed E-state index contributed by atoms with van der Waals surface area (Å²) in [7, 11) is 0. The van der Waals surface area contributed by atoms with Crippen LogP contribution in [0.25, 0.3) is 0 Å². The molecule has 0 aromatic carbocycles. The molecule has 1 aliphatic heterocycles. The molecule has 0 aromatic heterocycles. The Bertz CT molecular complexity index is 532. The van der Waals surface area contributed by atoms with Crippen LogP contribution in [0.5, 0.6) is 0 Å². The van der Waals surface area contributed by atoms with Gasteiger partial charge in [-0.3, -0.25) is 4.79 Å². The highest BCUT2D eigenvalue weighted by molar-refractivity contribution is 7.97. The number of piperazine rings is 1. The molecular weight excluding hydrogens is 337 g/mol. The zero-order valence-electron chi connectivity index (χ0n) is 14.4. The van der Waals surface area contributed by atoms with Crippen LogP contribution in [0.1, 0.15) is 40.0 Å². The van der Waals surface area contributed by atoms with E-state index in [2.05, 4.69) is 20.8 Å². The lowest BCUT2D eigenvalue weighted by Crippen LogP contribution is -2.46. The Labute approximate surface area is 146 Å². The topological polar surface area (TPSA) is 23.6 Å². The summed E-state index contributed by atoms with van der Waals surface area (Å²) in [6.45, 7) is 7.60. The number of carbonyl (C=O) groups excluding carboxylic acids is 1. The van der Waals surface area contributed by atoms with Crippen LogP contribution < -0.4 is 0 Å². The highest BCUT2D eigenvalue weighted by Crippen LogP contribution is 2.40. The van der Waals surface area contributed by atoms with Gasteiger partial charge in [-0.05, 0) is 37.2 Å². The lowest BCUT2D eigenvalue weighted by Gasteiger charge is -2.34. The third-order valence-corrected chi connectivity index (χ3v) is 5.55. The van der Waals surface area contributed by atoms with E-state index in [-0.39, 0.29) is 36.4 Å². The molecule has 0 radical (unpaired) electrons. The number of allylic oxidation sites excluding steroid dienone is 3. The van der Waals surface area contributed by atoms with E-state index in [0.717, 1.165) is 12.8 Å². The summed E-state index contributed by atoms with van der Waals surface area (Å²) < 4.78 is 38.3. The van der Waals surface area contributed by atoms with Gasteiger partial charge in [0.05, 0.1) is 0 Å². The van der Waals surface area contributed by atoms with E-state index in [0.29, 0.717) is 13.1 Å². The second-order valence-corrected chi connectivity index (χ2v) is 8.22. The van der Waals surface area contributed by atoms with Crippen molar-refractivity contribution < 1.29 is 18.0 Å². The summed E-state index contributed by atoms with van der Waals surface area (Å²) in [5, 5.41) is 0. The van der Waals surface area contributed by atoms with Crippen molar-refractivity contribution in [3.8, 4) is 0 Å². The summed E-state index contributed by atoms with van der Waals surface area (Å²) in [6, 6.07) is 0. The van der Waals surface area contributed by atoms with E-state index in [1.54, 1.807) is 11.0 Å². The largest absolute Gasteiger partial charge is 0.456 e. The summed E-state index contributed by atoms with van der Waals surface area (Å²) in [4.78, 5) is 13.9. The van der Waals surface area contributed by atoms with Crippen LogP contribution in [0.15, 0.2) is 23.3 Å². The van der Waals surface area contributed by atoms with Crippen molar-refractivity contribution in [3.05, 3.63) is 23.3 Å². The van der Waals surface area contributed by atoms with Gasteiger partial charge < -0.3 is 4.90 Å². The minimum atomic E-state index is -4.26. The van der Waals surface area contributed by atoms with Gasteiger partial charge in [0.1, 0.15) is 0 Å². The van der Waals surface area contributed by atoms with Crippen LogP contribution >= 0.6 is 11.9 Å². The fourth-order valence-corrected chi connectivity index (χ4v) is 4.06. The van der Waals surface area contributed by atoms with Crippen molar-refractivity contribution in [2.45, 2.75) is 45.5 Å². The Hall–Kier alpha value is -0.950. The number of amides is 1. The van der Waals surface area contributed by atoms with Gasteiger partial charge in [-0.25, -0.2) is 4.31 Å². The lowest BCUT2D eigenvalue weighted by molar-refractivity contribution is -0.127. The molecule has 136 valence electrons. The molecule has 1 aliphatic carbocycles. The normalized spacial score (nSPS) is 23.2. The summed E-state index contributed by atoms with van der Waals surface area (Å²) in [5.74, 6) is -0.117. The van der Waals surface area contributed by atoms with Gasteiger partial charge in [-0.15, -0.1) is 0 Å². The second kappa shape index (κ2) is 7.52. The number of nitrogens with zero attached hydrogens (tertiary/aromatic N) is 2. The highest BCUT2D eigenvalue weighted by atomic mass is 32.2. The molecule has 1 saturated heterocycles. The first-order valence-electron chi connectivity index (χ1n) is 8.26. The molecule has 0 aromatic rings. The average molecular weight is 362 g/mol. The molecule has 1 fully saturated rings. The van der Waals surface area contributed by atoms with Crippen LogP contribution in [-0.4, -0.2) is 46.8 Å². The van der Waals surface area contributed by atoms with Crippen LogP contribution in [-0.2, 0) is 4.79 Å². The molecule has 0 unspecified atom stereocenters. The second-order valence-electron chi connectivity index (χ2n) is 7.06. The van der Waals surface area contributed by atoms with Crippen LogP contribution in [0, 0.1) is 5.41 Å². The molecule has 7 heteroatoms. The fourth-order valence-electron chi connectivity index (χ4n) is 3.42. The van der Waals surface area contributed by atoms with Gasteiger partial charge in [0.2, 0.25) is 5.91 Å². The smallest absolute Gasteiger partial charge is 0.337 e. The maximum Gasteiger partial charge on any atom is 0.456 e. The molecule has 3 nitrogen and oxygen atoms in total. The molecule has 2 rings (SSSR count). The van der Waals surface area contributed by atoms with E-state index in [4.69, 9.17) is 0 Å². The Morgan fingerprint density at radius 3 is 2.38 bits per heavy atom. The minimum Gasteiger partial charge on any atom is -0.337 e. The third kappa shape index (κ3) is 5.28. The first-order valence-corrected chi connectivity index (χ1v) is 9.04. The van der Waals surface area contributed by atoms with Crippen LogP contribution in [0.4, 0.5) is 13.2 Å².